The van der Waals surface area contributed by atoms with Gasteiger partial charge in [-0.05, 0) is 60.6 Å². The molecule has 0 bridgehead atoms. The third-order valence-corrected chi connectivity index (χ3v) is 7.33. The second-order valence-electron chi connectivity index (χ2n) is 8.57. The summed E-state index contributed by atoms with van der Waals surface area (Å²) >= 11 is 1.54. The lowest BCUT2D eigenvalue weighted by Gasteiger charge is -2.34. The van der Waals surface area contributed by atoms with E-state index in [1.54, 1.807) is 24.5 Å². The molecule has 0 unspecified atom stereocenters. The van der Waals surface area contributed by atoms with Gasteiger partial charge in [-0.2, -0.15) is 0 Å². The molecule has 1 amide bonds. The summed E-state index contributed by atoms with van der Waals surface area (Å²) in [6, 6.07) is 17.8. The van der Waals surface area contributed by atoms with E-state index in [0.717, 1.165) is 49.5 Å². The van der Waals surface area contributed by atoms with E-state index in [1.165, 1.54) is 23.9 Å². The fourth-order valence-corrected chi connectivity index (χ4v) is 5.12. The van der Waals surface area contributed by atoms with Crippen molar-refractivity contribution in [2.75, 3.05) is 32.7 Å². The first-order valence-electron chi connectivity index (χ1n) is 12.0. The molecule has 0 N–H and O–H groups in total. The van der Waals surface area contributed by atoms with E-state index in [2.05, 4.69) is 27.0 Å². The monoisotopic (exact) mass is 502 g/mol. The third-order valence-electron chi connectivity index (χ3n) is 6.33. The van der Waals surface area contributed by atoms with Crippen molar-refractivity contribution in [3.05, 3.63) is 90.0 Å². The van der Waals surface area contributed by atoms with Crippen LogP contribution < -0.4 is 0 Å². The first-order valence-corrected chi connectivity index (χ1v) is 13.0. The Bertz CT molecular complexity index is 1300. The number of benzene rings is 2. The molecule has 0 aliphatic carbocycles. The van der Waals surface area contributed by atoms with E-state index < -0.39 is 0 Å². The van der Waals surface area contributed by atoms with Crippen LogP contribution in [0, 0.1) is 5.82 Å². The highest BCUT2D eigenvalue weighted by atomic mass is 32.2. The van der Waals surface area contributed by atoms with Gasteiger partial charge in [-0.1, -0.05) is 30.8 Å². The second-order valence-corrected chi connectivity index (χ2v) is 9.51. The number of thioether (sulfide) groups is 1. The molecule has 0 saturated carbocycles. The summed E-state index contributed by atoms with van der Waals surface area (Å²) in [7, 11) is 0. The maximum absolute atomic E-state index is 13.6. The molecule has 2 aromatic heterocycles. The Morgan fingerprint density at radius 1 is 0.917 bits per heavy atom. The van der Waals surface area contributed by atoms with Crippen LogP contribution in [0.15, 0.2) is 78.2 Å². The van der Waals surface area contributed by atoms with Gasteiger partial charge in [0.2, 0.25) is 0 Å². The lowest BCUT2D eigenvalue weighted by Crippen LogP contribution is -2.48. The fraction of sp³-hybridized carbons (Fsp3) is 0.259. The number of halogens is 1. The van der Waals surface area contributed by atoms with Crippen LogP contribution in [0.4, 0.5) is 4.39 Å². The van der Waals surface area contributed by atoms with Gasteiger partial charge in [0.25, 0.3) is 5.91 Å². The summed E-state index contributed by atoms with van der Waals surface area (Å²) in [6.07, 6.45) is 3.41. The molecule has 9 heteroatoms. The van der Waals surface area contributed by atoms with E-state index in [0.29, 0.717) is 22.3 Å². The molecular weight excluding hydrogens is 475 g/mol. The van der Waals surface area contributed by atoms with Crippen LogP contribution in [0.25, 0.3) is 17.1 Å². The SMILES string of the molecule is CCN1CCN(C(=O)c2ccc(CSc3nnc(-c4ccncc4)n3-c3ccc(F)cc3)cc2)CC1. The maximum atomic E-state index is 13.6. The highest BCUT2D eigenvalue weighted by molar-refractivity contribution is 7.98. The van der Waals surface area contributed by atoms with Crippen LogP contribution in [0.5, 0.6) is 0 Å². The molecule has 0 spiro atoms. The lowest BCUT2D eigenvalue weighted by atomic mass is 10.1. The van der Waals surface area contributed by atoms with Crippen molar-refractivity contribution in [3.8, 4) is 17.1 Å². The van der Waals surface area contributed by atoms with Gasteiger partial charge in [0.1, 0.15) is 5.82 Å². The molecule has 1 saturated heterocycles. The normalized spacial score (nSPS) is 14.2. The number of rotatable bonds is 7. The molecule has 184 valence electrons. The Morgan fingerprint density at radius 3 is 2.28 bits per heavy atom. The van der Waals surface area contributed by atoms with Crippen LogP contribution in [0.1, 0.15) is 22.8 Å². The van der Waals surface area contributed by atoms with Crippen LogP contribution in [-0.2, 0) is 5.75 Å². The highest BCUT2D eigenvalue weighted by Crippen LogP contribution is 2.29. The lowest BCUT2D eigenvalue weighted by molar-refractivity contribution is 0.0643. The van der Waals surface area contributed by atoms with Gasteiger partial charge in [0, 0.05) is 61.1 Å². The molecule has 4 aromatic rings. The molecule has 36 heavy (non-hydrogen) atoms. The van der Waals surface area contributed by atoms with Gasteiger partial charge < -0.3 is 9.80 Å². The minimum atomic E-state index is -0.298. The van der Waals surface area contributed by atoms with E-state index in [-0.39, 0.29) is 11.7 Å². The second kappa shape index (κ2) is 11.0. The minimum absolute atomic E-state index is 0.0861. The van der Waals surface area contributed by atoms with Crippen LogP contribution in [0.3, 0.4) is 0 Å². The van der Waals surface area contributed by atoms with Gasteiger partial charge in [-0.3, -0.25) is 14.3 Å². The molecule has 2 aromatic carbocycles. The number of hydrogen-bond donors (Lipinski definition) is 0. The Morgan fingerprint density at radius 2 is 1.61 bits per heavy atom. The van der Waals surface area contributed by atoms with Crippen molar-refractivity contribution in [2.45, 2.75) is 17.8 Å². The average Bonchev–Trinajstić information content (AvgIpc) is 3.37. The largest absolute Gasteiger partial charge is 0.336 e. The minimum Gasteiger partial charge on any atom is -0.336 e. The quantitative estimate of drug-likeness (QED) is 0.346. The number of hydrogen-bond acceptors (Lipinski definition) is 6. The van der Waals surface area contributed by atoms with Gasteiger partial charge in [-0.15, -0.1) is 10.2 Å². The summed E-state index contributed by atoms with van der Waals surface area (Å²) in [4.78, 5) is 21.3. The van der Waals surface area contributed by atoms with E-state index in [1.807, 2.05) is 45.9 Å². The van der Waals surface area contributed by atoms with Gasteiger partial charge in [-0.25, -0.2) is 4.39 Å². The number of likely N-dealkylation sites (N-methyl/N-ethyl adjacent to an activating group) is 1. The zero-order valence-electron chi connectivity index (χ0n) is 20.0. The Hall–Kier alpha value is -3.56. The summed E-state index contributed by atoms with van der Waals surface area (Å²) in [6.45, 7) is 6.55. The van der Waals surface area contributed by atoms with Gasteiger partial charge >= 0.3 is 0 Å². The molecule has 1 aliphatic heterocycles. The van der Waals surface area contributed by atoms with Gasteiger partial charge in [0.05, 0.1) is 0 Å². The molecule has 7 nitrogen and oxygen atoms in total. The molecule has 0 atom stereocenters. The maximum Gasteiger partial charge on any atom is 0.253 e. The van der Waals surface area contributed by atoms with Crippen molar-refractivity contribution in [3.63, 3.8) is 0 Å². The van der Waals surface area contributed by atoms with Gasteiger partial charge in [0.15, 0.2) is 11.0 Å². The molecule has 0 radical (unpaired) electrons. The summed E-state index contributed by atoms with van der Waals surface area (Å²) < 4.78 is 15.5. The van der Waals surface area contributed by atoms with Crippen molar-refractivity contribution < 1.29 is 9.18 Å². The number of carbonyl (C=O) groups excluding carboxylic acids is 1. The molecular formula is C27H27FN6OS. The van der Waals surface area contributed by atoms with Crippen LogP contribution in [0.2, 0.25) is 0 Å². The summed E-state index contributed by atoms with van der Waals surface area (Å²) in [5, 5.41) is 9.54. The number of pyridine rings is 1. The Kier molecular flexibility index (Phi) is 7.39. The zero-order chi connectivity index (χ0) is 24.9. The number of piperazine rings is 1. The highest BCUT2D eigenvalue weighted by Gasteiger charge is 2.21. The van der Waals surface area contributed by atoms with Crippen LogP contribution in [-0.4, -0.2) is 68.2 Å². The van der Waals surface area contributed by atoms with Crippen molar-refractivity contribution in [2.24, 2.45) is 0 Å². The molecule has 1 aliphatic rings. The average molecular weight is 503 g/mol. The molecule has 5 rings (SSSR count). The molecule has 3 heterocycles. The van der Waals surface area contributed by atoms with E-state index in [9.17, 15) is 9.18 Å². The van der Waals surface area contributed by atoms with E-state index >= 15 is 0 Å². The Labute approximate surface area is 214 Å². The topological polar surface area (TPSA) is 67.2 Å². The number of nitrogens with zero attached hydrogens (tertiary/aromatic N) is 6. The zero-order valence-corrected chi connectivity index (χ0v) is 20.9. The number of amides is 1. The first-order chi connectivity index (χ1) is 17.6. The standard InChI is InChI=1S/C27H27FN6OS/c1-2-32-15-17-33(18-16-32)26(35)22-5-3-20(4-6-22)19-36-27-31-30-25(21-11-13-29-14-12-21)34(27)24-9-7-23(28)8-10-24/h3-14H,2,15-19H2,1H3. The fourth-order valence-electron chi connectivity index (χ4n) is 4.22. The van der Waals surface area contributed by atoms with Crippen molar-refractivity contribution in [1.82, 2.24) is 29.5 Å². The van der Waals surface area contributed by atoms with E-state index in [4.69, 9.17) is 0 Å². The predicted molar refractivity (Wildman–Crippen MR) is 139 cm³/mol. The first kappa shape index (κ1) is 24.1. The van der Waals surface area contributed by atoms with Crippen molar-refractivity contribution in [1.29, 1.82) is 0 Å². The third kappa shape index (κ3) is 5.32. The Balaban J connectivity index is 1.31. The predicted octanol–water partition coefficient (Wildman–Crippen LogP) is 4.54. The molecule has 1 fully saturated rings. The number of carbonyl (C=O) groups is 1. The van der Waals surface area contributed by atoms with Crippen LogP contribution >= 0.6 is 11.8 Å². The number of aromatic nitrogens is 4. The summed E-state index contributed by atoms with van der Waals surface area (Å²) in [5.74, 6) is 1.10. The summed E-state index contributed by atoms with van der Waals surface area (Å²) in [5.41, 5.74) is 3.44. The van der Waals surface area contributed by atoms with Crippen molar-refractivity contribution >= 4 is 17.7 Å². The smallest absolute Gasteiger partial charge is 0.253 e.